The van der Waals surface area contributed by atoms with Crippen molar-refractivity contribution in [3.05, 3.63) is 35.4 Å². The first-order valence-electron chi connectivity index (χ1n) is 9.70. The molecule has 0 unspecified atom stereocenters. The molecule has 0 N–H and O–H groups in total. The quantitative estimate of drug-likeness (QED) is 0.193. The first-order valence-corrected chi connectivity index (χ1v) is 9.70. The van der Waals surface area contributed by atoms with Crippen molar-refractivity contribution in [2.45, 2.75) is 53.4 Å². The molecule has 0 aromatic heterocycles. The summed E-state index contributed by atoms with van der Waals surface area (Å²) in [4.78, 5) is 4.72. The van der Waals surface area contributed by atoms with E-state index in [0.717, 1.165) is 67.2 Å². The van der Waals surface area contributed by atoms with Crippen LogP contribution in [0.4, 0.5) is 0 Å². The van der Waals surface area contributed by atoms with Gasteiger partial charge in [-0.1, -0.05) is 17.3 Å². The lowest BCUT2D eigenvalue weighted by atomic mass is 10.1. The molecular weight excluding hydrogens is 342 g/mol. The highest BCUT2D eigenvalue weighted by Gasteiger charge is 2.07. The topological polar surface area (TPSA) is 49.3 Å². The molecule has 1 rings (SSSR count). The van der Waals surface area contributed by atoms with Crippen LogP contribution < -0.4 is 9.47 Å². The van der Waals surface area contributed by atoms with Crippen LogP contribution in [0.3, 0.4) is 0 Å². The minimum Gasteiger partial charge on any atom is -0.493 e. The van der Waals surface area contributed by atoms with Gasteiger partial charge in [-0.05, 0) is 70.2 Å². The van der Waals surface area contributed by atoms with E-state index < -0.39 is 0 Å². The average Bonchev–Trinajstić information content (AvgIpc) is 2.62. The predicted octanol–water partition coefficient (Wildman–Crippen LogP) is 5.24. The van der Waals surface area contributed by atoms with Gasteiger partial charge in [0.2, 0.25) is 0 Å². The Morgan fingerprint density at radius 1 is 1.00 bits per heavy atom. The van der Waals surface area contributed by atoms with Crippen molar-refractivity contribution >= 4 is 5.71 Å². The minimum atomic E-state index is 0.594. The fraction of sp³-hybridized carbons (Fsp3) is 0.591. The molecule has 0 aliphatic carbocycles. The Morgan fingerprint density at radius 2 is 1.70 bits per heavy atom. The molecule has 0 fully saturated rings. The number of hydrogen-bond donors (Lipinski definition) is 0. The van der Waals surface area contributed by atoms with Crippen LogP contribution in [0.5, 0.6) is 11.5 Å². The van der Waals surface area contributed by atoms with Crippen LogP contribution in [0.25, 0.3) is 0 Å². The fourth-order valence-corrected chi connectivity index (χ4v) is 2.64. The second kappa shape index (κ2) is 14.1. The zero-order valence-corrected chi connectivity index (χ0v) is 17.5. The first-order chi connectivity index (χ1) is 13.1. The summed E-state index contributed by atoms with van der Waals surface area (Å²) in [6.45, 7) is 10.8. The van der Waals surface area contributed by atoms with Crippen molar-refractivity contribution in [3.8, 4) is 11.5 Å². The van der Waals surface area contributed by atoms with Gasteiger partial charge in [0.25, 0.3) is 0 Å². The lowest BCUT2D eigenvalue weighted by molar-refractivity contribution is 0.134. The second-order valence-corrected chi connectivity index (χ2v) is 6.55. The van der Waals surface area contributed by atoms with Crippen molar-refractivity contribution in [2.75, 3.05) is 33.5 Å². The van der Waals surface area contributed by atoms with Gasteiger partial charge in [-0.25, -0.2) is 0 Å². The minimum absolute atomic E-state index is 0.594. The van der Waals surface area contributed by atoms with Crippen molar-refractivity contribution in [2.24, 2.45) is 5.16 Å². The molecule has 0 amide bonds. The predicted molar refractivity (Wildman–Crippen MR) is 111 cm³/mol. The first kappa shape index (κ1) is 23.0. The zero-order valence-electron chi connectivity index (χ0n) is 17.5. The van der Waals surface area contributed by atoms with E-state index in [1.54, 1.807) is 7.11 Å². The van der Waals surface area contributed by atoms with Gasteiger partial charge < -0.3 is 19.0 Å². The average molecular weight is 378 g/mol. The summed E-state index contributed by atoms with van der Waals surface area (Å²) in [7, 11) is 1.56. The van der Waals surface area contributed by atoms with E-state index in [0.29, 0.717) is 13.2 Å². The lowest BCUT2D eigenvalue weighted by Gasteiger charge is -2.14. The van der Waals surface area contributed by atoms with Crippen molar-refractivity contribution in [3.63, 3.8) is 0 Å². The number of nitrogens with zero attached hydrogens (tertiary/aromatic N) is 1. The van der Waals surface area contributed by atoms with Gasteiger partial charge >= 0.3 is 0 Å². The molecule has 5 nitrogen and oxygen atoms in total. The lowest BCUT2D eigenvalue weighted by Crippen LogP contribution is -2.04. The van der Waals surface area contributed by atoms with E-state index in [2.05, 4.69) is 19.0 Å². The maximum atomic E-state index is 5.99. The molecule has 0 radical (unpaired) electrons. The highest BCUT2D eigenvalue weighted by atomic mass is 16.6. The molecule has 27 heavy (non-hydrogen) atoms. The molecule has 0 saturated heterocycles. The van der Waals surface area contributed by atoms with Crippen molar-refractivity contribution in [1.82, 2.24) is 0 Å². The normalized spacial score (nSPS) is 11.8. The Morgan fingerprint density at radius 3 is 2.37 bits per heavy atom. The van der Waals surface area contributed by atoms with Gasteiger partial charge in [-0.3, -0.25) is 0 Å². The van der Waals surface area contributed by atoms with E-state index in [4.69, 9.17) is 19.0 Å². The van der Waals surface area contributed by atoms with Crippen LogP contribution in [0.2, 0.25) is 0 Å². The Balaban J connectivity index is 2.20. The van der Waals surface area contributed by atoms with Crippen LogP contribution in [-0.4, -0.2) is 39.2 Å². The number of unbranched alkanes of at least 4 members (excludes halogenated alkanes) is 2. The number of hydrogen-bond acceptors (Lipinski definition) is 5. The molecule has 0 bridgehead atoms. The highest BCUT2D eigenvalue weighted by Crippen LogP contribution is 2.28. The van der Waals surface area contributed by atoms with E-state index in [1.165, 1.54) is 0 Å². The van der Waals surface area contributed by atoms with E-state index in [1.807, 2.05) is 38.1 Å². The third-order valence-corrected chi connectivity index (χ3v) is 4.05. The summed E-state index contributed by atoms with van der Waals surface area (Å²) in [6.07, 6.45) is 7.94. The maximum Gasteiger partial charge on any atom is 0.125 e. The Labute approximate surface area is 164 Å². The van der Waals surface area contributed by atoms with Gasteiger partial charge in [-0.2, -0.15) is 0 Å². The van der Waals surface area contributed by atoms with Crippen molar-refractivity contribution < 1.29 is 19.0 Å². The van der Waals surface area contributed by atoms with E-state index in [-0.39, 0.29) is 0 Å². The SMILES string of the molecule is C/C=C/COc1cc(C)c(OCCCCCOCC/C(C)=N/OC)c(C)c1. The molecule has 0 aliphatic heterocycles. The van der Waals surface area contributed by atoms with E-state index >= 15 is 0 Å². The molecule has 1 aromatic carbocycles. The number of oxime groups is 1. The summed E-state index contributed by atoms with van der Waals surface area (Å²) in [5, 5.41) is 3.86. The Bertz CT molecular complexity index is 573. The van der Waals surface area contributed by atoms with Crippen LogP contribution in [0.1, 0.15) is 50.7 Å². The second-order valence-electron chi connectivity index (χ2n) is 6.55. The Kier molecular flexibility index (Phi) is 12.0. The summed E-state index contributed by atoms with van der Waals surface area (Å²) in [6, 6.07) is 4.07. The fourth-order valence-electron chi connectivity index (χ4n) is 2.64. The molecule has 1 aromatic rings. The standard InChI is InChI=1S/C22H35NO4/c1-6-7-13-26-21-16-18(2)22(19(3)17-21)27-14-10-8-9-12-25-15-11-20(4)23-24-5/h6-7,16-17H,8-15H2,1-5H3/b7-6+,23-20+. The van der Waals surface area contributed by atoms with Gasteiger partial charge in [-0.15, -0.1) is 0 Å². The summed E-state index contributed by atoms with van der Waals surface area (Å²) >= 11 is 0. The molecule has 0 aliphatic rings. The van der Waals surface area contributed by atoms with Gasteiger partial charge in [0.05, 0.1) is 18.9 Å². The molecule has 152 valence electrons. The van der Waals surface area contributed by atoms with Crippen molar-refractivity contribution in [1.29, 1.82) is 0 Å². The molecular formula is C22H35NO4. The molecule has 0 saturated carbocycles. The number of rotatable bonds is 14. The number of ether oxygens (including phenoxy) is 3. The Hall–Kier alpha value is -2.01. The monoisotopic (exact) mass is 377 g/mol. The molecule has 5 heteroatoms. The van der Waals surface area contributed by atoms with Gasteiger partial charge in [0.1, 0.15) is 25.2 Å². The van der Waals surface area contributed by atoms with E-state index in [9.17, 15) is 0 Å². The van der Waals surface area contributed by atoms with Crippen LogP contribution >= 0.6 is 0 Å². The van der Waals surface area contributed by atoms with Gasteiger partial charge in [0, 0.05) is 13.0 Å². The highest BCUT2D eigenvalue weighted by molar-refractivity contribution is 5.81. The van der Waals surface area contributed by atoms with Crippen LogP contribution in [-0.2, 0) is 9.57 Å². The zero-order chi connectivity index (χ0) is 19.9. The number of allylic oxidation sites excluding steroid dienone is 1. The maximum absolute atomic E-state index is 5.99. The third-order valence-electron chi connectivity index (χ3n) is 4.05. The molecule has 0 atom stereocenters. The third kappa shape index (κ3) is 10.0. The number of aryl methyl sites for hydroxylation is 2. The molecule has 0 heterocycles. The van der Waals surface area contributed by atoms with Crippen LogP contribution in [0.15, 0.2) is 29.4 Å². The molecule has 0 spiro atoms. The summed E-state index contributed by atoms with van der Waals surface area (Å²) in [5.74, 6) is 1.86. The summed E-state index contributed by atoms with van der Waals surface area (Å²) < 4.78 is 17.3. The smallest absolute Gasteiger partial charge is 0.125 e. The number of benzene rings is 1. The van der Waals surface area contributed by atoms with Gasteiger partial charge in [0.15, 0.2) is 0 Å². The largest absolute Gasteiger partial charge is 0.493 e. The summed E-state index contributed by atoms with van der Waals surface area (Å²) in [5.41, 5.74) is 3.18. The van der Waals surface area contributed by atoms with Crippen LogP contribution in [0, 0.1) is 13.8 Å².